The first kappa shape index (κ1) is 25.3. The fourth-order valence-electron chi connectivity index (χ4n) is 5.36. The molecular formula is C30H40FNO. The van der Waals surface area contributed by atoms with Crippen LogP contribution in [0.1, 0.15) is 107 Å². The molecule has 0 N–H and O–H groups in total. The molecule has 1 aliphatic rings. The number of ether oxygens (including phenoxy) is 1. The van der Waals surface area contributed by atoms with Crippen molar-refractivity contribution in [2.24, 2.45) is 5.92 Å². The summed E-state index contributed by atoms with van der Waals surface area (Å²) in [6.45, 7) is 4.37. The summed E-state index contributed by atoms with van der Waals surface area (Å²) in [7, 11) is 1.51. The topological polar surface area (TPSA) is 33.0 Å². The first-order valence-corrected chi connectivity index (χ1v) is 13.0. The second-order valence-corrected chi connectivity index (χ2v) is 9.71. The summed E-state index contributed by atoms with van der Waals surface area (Å²) in [5, 5.41) is 9.90. The predicted molar refractivity (Wildman–Crippen MR) is 135 cm³/mol. The number of nitriles is 1. The monoisotopic (exact) mass is 449 g/mol. The zero-order valence-electron chi connectivity index (χ0n) is 20.8. The maximum atomic E-state index is 15.1. The number of rotatable bonds is 11. The SMILES string of the molecule is CCCCCCC1CCC(c2ccc(-c3ccc(CCCC)c(F)c3OC)c(C#N)c2)CC1. The Hall–Kier alpha value is -2.34. The summed E-state index contributed by atoms with van der Waals surface area (Å²) in [6.07, 6.45) is 14.4. The van der Waals surface area contributed by atoms with Crippen LogP contribution in [0.5, 0.6) is 5.75 Å². The summed E-state index contributed by atoms with van der Waals surface area (Å²) in [5.74, 6) is 1.34. The van der Waals surface area contributed by atoms with Crippen LogP contribution in [0.4, 0.5) is 4.39 Å². The van der Waals surface area contributed by atoms with Gasteiger partial charge < -0.3 is 4.74 Å². The Morgan fingerprint density at radius 3 is 2.33 bits per heavy atom. The molecule has 0 aromatic heterocycles. The van der Waals surface area contributed by atoms with Crippen molar-refractivity contribution < 1.29 is 9.13 Å². The van der Waals surface area contributed by atoms with E-state index in [1.54, 1.807) is 0 Å². The third kappa shape index (κ3) is 6.38. The lowest BCUT2D eigenvalue weighted by molar-refractivity contribution is 0.302. The highest BCUT2D eigenvalue weighted by Gasteiger charge is 2.24. The molecule has 0 radical (unpaired) electrons. The van der Waals surface area contributed by atoms with E-state index >= 15 is 4.39 Å². The van der Waals surface area contributed by atoms with Crippen LogP contribution in [-0.2, 0) is 6.42 Å². The Labute approximate surface area is 200 Å². The van der Waals surface area contributed by atoms with Crippen molar-refractivity contribution in [3.05, 3.63) is 52.8 Å². The highest BCUT2D eigenvalue weighted by molar-refractivity contribution is 5.77. The summed E-state index contributed by atoms with van der Waals surface area (Å²) in [5.41, 5.74) is 3.95. The number of halogens is 1. The zero-order valence-corrected chi connectivity index (χ0v) is 20.8. The summed E-state index contributed by atoms with van der Waals surface area (Å²) >= 11 is 0. The Morgan fingerprint density at radius 1 is 0.939 bits per heavy atom. The van der Waals surface area contributed by atoms with Crippen molar-refractivity contribution in [2.75, 3.05) is 7.11 Å². The van der Waals surface area contributed by atoms with E-state index in [1.165, 1.54) is 70.5 Å². The average molecular weight is 450 g/mol. The highest BCUT2D eigenvalue weighted by atomic mass is 19.1. The Bertz CT molecular complexity index is 937. The molecule has 0 bridgehead atoms. The Kier molecular flexibility index (Phi) is 9.79. The molecular weight excluding hydrogens is 409 g/mol. The van der Waals surface area contributed by atoms with Crippen LogP contribution >= 0.6 is 0 Å². The molecule has 0 unspecified atom stereocenters. The fraction of sp³-hybridized carbons (Fsp3) is 0.567. The van der Waals surface area contributed by atoms with Gasteiger partial charge in [-0.15, -0.1) is 0 Å². The maximum absolute atomic E-state index is 15.1. The molecule has 2 aromatic rings. The van der Waals surface area contributed by atoms with Gasteiger partial charge in [0, 0.05) is 11.1 Å². The molecule has 1 aliphatic carbocycles. The number of hydrogen-bond acceptors (Lipinski definition) is 2. The molecule has 2 nitrogen and oxygen atoms in total. The number of unbranched alkanes of at least 4 members (excludes halogenated alkanes) is 4. The van der Waals surface area contributed by atoms with E-state index in [2.05, 4.69) is 26.0 Å². The van der Waals surface area contributed by atoms with E-state index < -0.39 is 0 Å². The molecule has 0 aliphatic heterocycles. The van der Waals surface area contributed by atoms with Crippen molar-refractivity contribution >= 4 is 0 Å². The number of nitrogens with zero attached hydrogens (tertiary/aromatic N) is 1. The molecule has 0 amide bonds. The molecule has 0 saturated heterocycles. The molecule has 0 atom stereocenters. The Balaban J connectivity index is 1.75. The lowest BCUT2D eigenvalue weighted by atomic mass is 9.76. The molecule has 0 heterocycles. The zero-order chi connectivity index (χ0) is 23.6. The minimum absolute atomic E-state index is 0.247. The van der Waals surface area contributed by atoms with Crippen molar-refractivity contribution in [1.29, 1.82) is 5.26 Å². The van der Waals surface area contributed by atoms with Crippen LogP contribution in [0.3, 0.4) is 0 Å². The van der Waals surface area contributed by atoms with Crippen LogP contribution < -0.4 is 4.74 Å². The van der Waals surface area contributed by atoms with Crippen LogP contribution in [0, 0.1) is 23.1 Å². The summed E-state index contributed by atoms with van der Waals surface area (Å²) in [6, 6.07) is 12.3. The highest BCUT2D eigenvalue weighted by Crippen LogP contribution is 2.41. The number of hydrogen-bond donors (Lipinski definition) is 0. The van der Waals surface area contributed by atoms with Crippen LogP contribution in [0.2, 0.25) is 0 Å². The average Bonchev–Trinajstić information content (AvgIpc) is 2.85. The van der Waals surface area contributed by atoms with E-state index in [9.17, 15) is 5.26 Å². The van der Waals surface area contributed by atoms with Gasteiger partial charge in [-0.2, -0.15) is 5.26 Å². The third-order valence-electron chi connectivity index (χ3n) is 7.42. The van der Waals surface area contributed by atoms with Gasteiger partial charge in [-0.25, -0.2) is 4.39 Å². The van der Waals surface area contributed by atoms with Crippen molar-refractivity contribution in [2.45, 2.75) is 96.8 Å². The predicted octanol–water partition coefficient (Wildman–Crippen LogP) is 8.96. The Morgan fingerprint density at radius 2 is 1.67 bits per heavy atom. The van der Waals surface area contributed by atoms with Gasteiger partial charge in [0.05, 0.1) is 18.7 Å². The second-order valence-electron chi connectivity index (χ2n) is 9.71. The minimum atomic E-state index is -0.298. The van der Waals surface area contributed by atoms with E-state index in [4.69, 9.17) is 4.74 Å². The third-order valence-corrected chi connectivity index (χ3v) is 7.42. The molecule has 3 heteroatoms. The first-order chi connectivity index (χ1) is 16.1. The number of methoxy groups -OCH3 is 1. The van der Waals surface area contributed by atoms with Gasteiger partial charge in [-0.1, -0.05) is 76.6 Å². The second kappa shape index (κ2) is 12.8. The molecule has 0 spiro atoms. The normalized spacial score (nSPS) is 18.2. The van der Waals surface area contributed by atoms with Crippen LogP contribution in [0.15, 0.2) is 30.3 Å². The van der Waals surface area contributed by atoms with Crippen molar-refractivity contribution in [3.63, 3.8) is 0 Å². The number of aryl methyl sites for hydroxylation is 1. The van der Waals surface area contributed by atoms with Gasteiger partial charge in [-0.05, 0) is 67.6 Å². The van der Waals surface area contributed by atoms with Gasteiger partial charge in [0.15, 0.2) is 11.6 Å². The standard InChI is InChI=1S/C30H40FNO/c1-4-6-8-9-10-22-12-14-23(15-13-22)25-17-18-27(26(20-25)21-32)28-19-16-24(11-7-5-2)29(31)30(28)33-3/h16-20,22-23H,4-15H2,1-3H3. The van der Waals surface area contributed by atoms with Gasteiger partial charge in [0.1, 0.15) is 0 Å². The van der Waals surface area contributed by atoms with E-state index in [-0.39, 0.29) is 11.6 Å². The molecule has 3 rings (SSSR count). The maximum Gasteiger partial charge on any atom is 0.168 e. The van der Waals surface area contributed by atoms with Gasteiger partial charge in [0.25, 0.3) is 0 Å². The van der Waals surface area contributed by atoms with Crippen LogP contribution in [-0.4, -0.2) is 7.11 Å². The summed E-state index contributed by atoms with van der Waals surface area (Å²) < 4.78 is 20.6. The van der Waals surface area contributed by atoms with E-state index in [0.717, 1.165) is 24.3 Å². The van der Waals surface area contributed by atoms with Gasteiger partial charge >= 0.3 is 0 Å². The minimum Gasteiger partial charge on any atom is -0.493 e. The summed E-state index contributed by atoms with van der Waals surface area (Å²) in [4.78, 5) is 0. The van der Waals surface area contributed by atoms with Crippen LogP contribution in [0.25, 0.3) is 11.1 Å². The van der Waals surface area contributed by atoms with Crippen molar-refractivity contribution in [3.8, 4) is 22.9 Å². The molecule has 1 fully saturated rings. The van der Waals surface area contributed by atoms with Gasteiger partial charge in [-0.3, -0.25) is 0 Å². The van der Waals surface area contributed by atoms with E-state index in [1.807, 2.05) is 24.3 Å². The number of benzene rings is 2. The molecule has 178 valence electrons. The fourth-order valence-corrected chi connectivity index (χ4v) is 5.36. The lowest BCUT2D eigenvalue weighted by Crippen LogP contribution is -2.13. The van der Waals surface area contributed by atoms with Crippen molar-refractivity contribution in [1.82, 2.24) is 0 Å². The molecule has 2 aromatic carbocycles. The lowest BCUT2D eigenvalue weighted by Gasteiger charge is -2.29. The smallest absolute Gasteiger partial charge is 0.168 e. The first-order valence-electron chi connectivity index (χ1n) is 13.0. The molecule has 33 heavy (non-hydrogen) atoms. The quantitative estimate of drug-likeness (QED) is 0.321. The van der Waals surface area contributed by atoms with E-state index in [0.29, 0.717) is 29.0 Å². The largest absolute Gasteiger partial charge is 0.493 e. The van der Waals surface area contributed by atoms with Gasteiger partial charge in [0.2, 0.25) is 0 Å². The molecule has 1 saturated carbocycles.